The van der Waals surface area contributed by atoms with E-state index in [1.807, 2.05) is 25.1 Å². The molecule has 0 saturated carbocycles. The zero-order chi connectivity index (χ0) is 10.1. The summed E-state index contributed by atoms with van der Waals surface area (Å²) in [5, 5.41) is 10.6. The van der Waals surface area contributed by atoms with Gasteiger partial charge in [0.1, 0.15) is 0 Å². The Labute approximate surface area is 91.5 Å². The molecule has 0 atom stereocenters. The van der Waals surface area contributed by atoms with Crippen LogP contribution in [0.25, 0.3) is 10.1 Å². The van der Waals surface area contributed by atoms with E-state index < -0.39 is 0 Å². The third-order valence-electron chi connectivity index (χ3n) is 2.24. The van der Waals surface area contributed by atoms with Gasteiger partial charge < -0.3 is 0 Å². The normalized spacial score (nSPS) is 10.4. The molecule has 0 amide bonds. The van der Waals surface area contributed by atoms with Crippen LogP contribution in [-0.4, -0.2) is 0 Å². The van der Waals surface area contributed by atoms with Gasteiger partial charge in [-0.25, -0.2) is 0 Å². The molecule has 14 heavy (non-hydrogen) atoms. The van der Waals surface area contributed by atoms with Gasteiger partial charge in [-0.2, -0.15) is 5.26 Å². The van der Waals surface area contributed by atoms with Crippen LogP contribution in [0.5, 0.6) is 0 Å². The van der Waals surface area contributed by atoms with Gasteiger partial charge in [0.2, 0.25) is 0 Å². The maximum Gasteiger partial charge on any atom is 0.0698 e. The average molecular weight is 222 g/mol. The fraction of sp³-hybridized carbons (Fsp3) is 0.182. The molecule has 0 aliphatic carbocycles. The van der Waals surface area contributed by atoms with Gasteiger partial charge in [0.25, 0.3) is 0 Å². The Morgan fingerprint density at radius 3 is 3.00 bits per heavy atom. The van der Waals surface area contributed by atoms with Crippen molar-refractivity contribution in [2.45, 2.75) is 13.3 Å². The molecular weight excluding hydrogens is 214 g/mol. The van der Waals surface area contributed by atoms with Crippen LogP contribution in [0.2, 0.25) is 5.02 Å². The molecule has 0 fully saturated rings. The molecule has 70 valence electrons. The van der Waals surface area contributed by atoms with Crippen LogP contribution >= 0.6 is 22.9 Å². The van der Waals surface area contributed by atoms with Gasteiger partial charge in [0, 0.05) is 14.6 Å². The maximum atomic E-state index is 8.65. The zero-order valence-corrected chi connectivity index (χ0v) is 9.25. The number of fused-ring (bicyclic) bond motifs is 1. The number of thiophene rings is 1. The molecule has 1 heterocycles. The first-order valence-corrected chi connectivity index (χ1v) is 5.46. The van der Waals surface area contributed by atoms with Crippen LogP contribution in [0.15, 0.2) is 18.2 Å². The van der Waals surface area contributed by atoms with Gasteiger partial charge >= 0.3 is 0 Å². The first-order valence-electron chi connectivity index (χ1n) is 4.27. The van der Waals surface area contributed by atoms with E-state index in [4.69, 9.17) is 16.9 Å². The number of benzene rings is 1. The third kappa shape index (κ3) is 1.50. The SMILES string of the molecule is Cc1c(CC#N)sc2ccc(Cl)cc12. The van der Waals surface area contributed by atoms with E-state index in [0.29, 0.717) is 6.42 Å². The van der Waals surface area contributed by atoms with Gasteiger partial charge in [-0.1, -0.05) is 11.6 Å². The summed E-state index contributed by atoms with van der Waals surface area (Å²) in [5.74, 6) is 0. The van der Waals surface area contributed by atoms with Crippen molar-refractivity contribution in [3.63, 3.8) is 0 Å². The third-order valence-corrected chi connectivity index (χ3v) is 3.74. The molecule has 0 unspecified atom stereocenters. The van der Waals surface area contributed by atoms with Gasteiger partial charge in [0.15, 0.2) is 0 Å². The molecule has 1 aromatic heterocycles. The van der Waals surface area contributed by atoms with Crippen LogP contribution in [0, 0.1) is 18.3 Å². The van der Waals surface area contributed by atoms with Crippen molar-refractivity contribution in [3.8, 4) is 6.07 Å². The maximum absolute atomic E-state index is 8.65. The second-order valence-corrected chi connectivity index (χ2v) is 4.70. The largest absolute Gasteiger partial charge is 0.198 e. The number of hydrogen-bond acceptors (Lipinski definition) is 2. The highest BCUT2D eigenvalue weighted by Gasteiger charge is 2.07. The Bertz CT molecular complexity index is 522. The highest BCUT2D eigenvalue weighted by atomic mass is 35.5. The van der Waals surface area contributed by atoms with Crippen molar-refractivity contribution in [1.29, 1.82) is 5.26 Å². The predicted octanol–water partition coefficient (Wildman–Crippen LogP) is 3.93. The van der Waals surface area contributed by atoms with Gasteiger partial charge in [-0.15, -0.1) is 11.3 Å². The van der Waals surface area contributed by atoms with E-state index >= 15 is 0 Å². The van der Waals surface area contributed by atoms with E-state index in [9.17, 15) is 0 Å². The molecule has 2 aromatic rings. The number of nitrogens with zero attached hydrogens (tertiary/aromatic N) is 1. The molecule has 0 spiro atoms. The summed E-state index contributed by atoms with van der Waals surface area (Å²) in [6, 6.07) is 8.03. The lowest BCUT2D eigenvalue weighted by molar-refractivity contribution is 1.28. The Balaban J connectivity index is 2.69. The number of rotatable bonds is 1. The zero-order valence-electron chi connectivity index (χ0n) is 7.67. The van der Waals surface area contributed by atoms with Crippen LogP contribution in [-0.2, 0) is 6.42 Å². The van der Waals surface area contributed by atoms with Gasteiger partial charge in [0.05, 0.1) is 12.5 Å². The molecular formula is C11H8ClNS. The van der Waals surface area contributed by atoms with Crippen molar-refractivity contribution in [3.05, 3.63) is 33.7 Å². The number of nitriles is 1. The molecule has 1 aromatic carbocycles. The average Bonchev–Trinajstić information content (AvgIpc) is 2.46. The molecule has 0 N–H and O–H groups in total. The number of hydrogen-bond donors (Lipinski definition) is 0. The Kier molecular flexibility index (Phi) is 2.45. The van der Waals surface area contributed by atoms with Crippen molar-refractivity contribution in [2.24, 2.45) is 0 Å². The number of aryl methyl sites for hydroxylation is 1. The quantitative estimate of drug-likeness (QED) is 0.716. The van der Waals surface area contributed by atoms with Crippen molar-refractivity contribution >= 4 is 33.0 Å². The van der Waals surface area contributed by atoms with Gasteiger partial charge in [-0.3, -0.25) is 0 Å². The monoisotopic (exact) mass is 221 g/mol. The highest BCUT2D eigenvalue weighted by molar-refractivity contribution is 7.19. The topological polar surface area (TPSA) is 23.8 Å². The predicted molar refractivity (Wildman–Crippen MR) is 60.9 cm³/mol. The summed E-state index contributed by atoms with van der Waals surface area (Å²) in [6.45, 7) is 2.04. The van der Waals surface area contributed by atoms with Gasteiger partial charge in [-0.05, 0) is 36.1 Å². The van der Waals surface area contributed by atoms with E-state index in [1.54, 1.807) is 11.3 Å². The lowest BCUT2D eigenvalue weighted by atomic mass is 10.1. The second kappa shape index (κ2) is 3.61. The highest BCUT2D eigenvalue weighted by Crippen LogP contribution is 2.32. The van der Waals surface area contributed by atoms with Crippen LogP contribution in [0.3, 0.4) is 0 Å². The first kappa shape index (κ1) is 9.51. The van der Waals surface area contributed by atoms with E-state index in [2.05, 4.69) is 6.07 Å². The molecule has 0 saturated heterocycles. The summed E-state index contributed by atoms with van der Waals surface area (Å²) >= 11 is 7.59. The van der Waals surface area contributed by atoms with Crippen molar-refractivity contribution in [2.75, 3.05) is 0 Å². The Morgan fingerprint density at radius 1 is 1.50 bits per heavy atom. The smallest absolute Gasteiger partial charge is 0.0698 e. The molecule has 0 aliphatic rings. The lowest BCUT2D eigenvalue weighted by Gasteiger charge is -1.92. The summed E-state index contributed by atoms with van der Waals surface area (Å²) in [7, 11) is 0. The molecule has 0 bridgehead atoms. The van der Waals surface area contributed by atoms with E-state index in [-0.39, 0.29) is 0 Å². The summed E-state index contributed by atoms with van der Waals surface area (Å²) < 4.78 is 1.21. The number of halogens is 1. The second-order valence-electron chi connectivity index (χ2n) is 3.13. The van der Waals surface area contributed by atoms with Crippen LogP contribution in [0.4, 0.5) is 0 Å². The van der Waals surface area contributed by atoms with Crippen LogP contribution in [0.1, 0.15) is 10.4 Å². The minimum Gasteiger partial charge on any atom is -0.198 e. The van der Waals surface area contributed by atoms with Crippen LogP contribution < -0.4 is 0 Å². The van der Waals surface area contributed by atoms with Crippen molar-refractivity contribution < 1.29 is 0 Å². The summed E-state index contributed by atoms with van der Waals surface area (Å²) in [6.07, 6.45) is 0.489. The Morgan fingerprint density at radius 2 is 2.29 bits per heavy atom. The molecule has 3 heteroatoms. The summed E-state index contributed by atoms with van der Waals surface area (Å²) in [5.41, 5.74) is 1.19. The first-order chi connectivity index (χ1) is 6.72. The van der Waals surface area contributed by atoms with Crippen molar-refractivity contribution in [1.82, 2.24) is 0 Å². The summed E-state index contributed by atoms with van der Waals surface area (Å²) in [4.78, 5) is 1.14. The minimum atomic E-state index is 0.489. The fourth-order valence-corrected chi connectivity index (χ4v) is 2.78. The molecule has 0 aliphatic heterocycles. The lowest BCUT2D eigenvalue weighted by Crippen LogP contribution is -1.77. The minimum absolute atomic E-state index is 0.489. The molecule has 0 radical (unpaired) electrons. The fourth-order valence-electron chi connectivity index (χ4n) is 1.48. The van der Waals surface area contributed by atoms with E-state index in [0.717, 1.165) is 9.90 Å². The molecule has 1 nitrogen and oxygen atoms in total. The Hall–Kier alpha value is -1.04. The molecule has 2 rings (SSSR count). The standard InChI is InChI=1S/C11H8ClNS/c1-7-9-6-8(12)2-3-11(9)14-10(7)4-5-13/h2-3,6H,4H2,1H3. The van der Waals surface area contributed by atoms with E-state index in [1.165, 1.54) is 15.6 Å².